The highest BCUT2D eigenvalue weighted by Gasteiger charge is 2.09. The first-order chi connectivity index (χ1) is 7.17. The Bertz CT molecular complexity index is 359. The molecule has 1 heterocycles. The lowest BCUT2D eigenvalue weighted by Gasteiger charge is -2.22. The second-order valence-electron chi connectivity index (χ2n) is 3.39. The van der Waals surface area contributed by atoms with Crippen molar-refractivity contribution >= 4 is 21.7 Å². The predicted octanol–water partition coefficient (Wildman–Crippen LogP) is 2.83. The summed E-state index contributed by atoms with van der Waals surface area (Å²) < 4.78 is 0.822. The Morgan fingerprint density at radius 1 is 1.60 bits per heavy atom. The lowest BCUT2D eigenvalue weighted by atomic mass is 10.2. The van der Waals surface area contributed by atoms with Crippen molar-refractivity contribution in [3.63, 3.8) is 0 Å². The molecule has 0 fully saturated rings. The minimum Gasteiger partial charge on any atom is -0.356 e. The maximum absolute atomic E-state index is 8.77. The molecule has 0 amide bonds. The Morgan fingerprint density at radius 2 is 2.33 bits per heavy atom. The SMILES string of the molecule is CCN(CC(C)C#N)c1cccc(Br)n1. The highest BCUT2D eigenvalue weighted by molar-refractivity contribution is 9.10. The quantitative estimate of drug-likeness (QED) is 0.788. The van der Waals surface area contributed by atoms with E-state index in [1.165, 1.54) is 0 Å². The first-order valence-corrected chi connectivity index (χ1v) is 5.73. The zero-order chi connectivity index (χ0) is 11.3. The van der Waals surface area contributed by atoms with E-state index in [-0.39, 0.29) is 5.92 Å². The van der Waals surface area contributed by atoms with Crippen molar-refractivity contribution in [3.05, 3.63) is 22.8 Å². The summed E-state index contributed by atoms with van der Waals surface area (Å²) in [6.45, 7) is 5.55. The van der Waals surface area contributed by atoms with Gasteiger partial charge in [-0.25, -0.2) is 4.98 Å². The molecule has 0 aliphatic heterocycles. The Kier molecular flexibility index (Phi) is 4.57. The van der Waals surface area contributed by atoms with Crippen molar-refractivity contribution in [1.29, 1.82) is 5.26 Å². The largest absolute Gasteiger partial charge is 0.356 e. The first-order valence-electron chi connectivity index (χ1n) is 4.94. The van der Waals surface area contributed by atoms with Gasteiger partial charge >= 0.3 is 0 Å². The van der Waals surface area contributed by atoms with Gasteiger partial charge in [0.1, 0.15) is 10.4 Å². The van der Waals surface area contributed by atoms with Crippen molar-refractivity contribution in [3.8, 4) is 6.07 Å². The second kappa shape index (κ2) is 5.72. The molecule has 0 aromatic carbocycles. The number of nitriles is 1. The molecule has 15 heavy (non-hydrogen) atoms. The van der Waals surface area contributed by atoms with Crippen molar-refractivity contribution < 1.29 is 0 Å². The van der Waals surface area contributed by atoms with Crippen molar-refractivity contribution in [2.45, 2.75) is 13.8 Å². The van der Waals surface area contributed by atoms with Crippen LogP contribution in [0.25, 0.3) is 0 Å². The Labute approximate surface area is 98.9 Å². The molecule has 0 aliphatic rings. The van der Waals surface area contributed by atoms with E-state index in [2.05, 4.69) is 38.8 Å². The van der Waals surface area contributed by atoms with Gasteiger partial charge in [0.2, 0.25) is 0 Å². The minimum atomic E-state index is 0.0192. The van der Waals surface area contributed by atoms with Crippen LogP contribution in [0.1, 0.15) is 13.8 Å². The summed E-state index contributed by atoms with van der Waals surface area (Å²) in [7, 11) is 0. The third-order valence-corrected chi connectivity index (χ3v) is 2.56. The van der Waals surface area contributed by atoms with Crippen molar-refractivity contribution in [2.24, 2.45) is 5.92 Å². The molecule has 0 spiro atoms. The van der Waals surface area contributed by atoms with Gasteiger partial charge in [-0.3, -0.25) is 0 Å². The van der Waals surface area contributed by atoms with E-state index >= 15 is 0 Å². The van der Waals surface area contributed by atoms with Crippen molar-refractivity contribution in [1.82, 2.24) is 4.98 Å². The van der Waals surface area contributed by atoms with Crippen LogP contribution in [0.2, 0.25) is 0 Å². The highest BCUT2D eigenvalue weighted by atomic mass is 79.9. The molecule has 3 nitrogen and oxygen atoms in total. The standard InChI is InChI=1S/C11H14BrN3/c1-3-15(8-9(2)7-13)11-6-4-5-10(12)14-11/h4-6,9H,3,8H2,1-2H3. The van der Waals surface area contributed by atoms with Crippen LogP contribution in [0.15, 0.2) is 22.8 Å². The Morgan fingerprint density at radius 3 is 2.87 bits per heavy atom. The van der Waals surface area contributed by atoms with E-state index < -0.39 is 0 Å². The van der Waals surface area contributed by atoms with Gasteiger partial charge < -0.3 is 4.90 Å². The smallest absolute Gasteiger partial charge is 0.129 e. The lowest BCUT2D eigenvalue weighted by Crippen LogP contribution is -2.28. The molecule has 0 N–H and O–H groups in total. The Hall–Kier alpha value is -1.08. The third kappa shape index (κ3) is 3.52. The van der Waals surface area contributed by atoms with Gasteiger partial charge in [-0.05, 0) is 41.9 Å². The molecule has 1 aromatic heterocycles. The first kappa shape index (κ1) is 12.0. The van der Waals surface area contributed by atoms with Gasteiger partial charge in [0, 0.05) is 13.1 Å². The predicted molar refractivity (Wildman–Crippen MR) is 64.6 cm³/mol. The lowest BCUT2D eigenvalue weighted by molar-refractivity contribution is 0.679. The summed E-state index contributed by atoms with van der Waals surface area (Å²) in [6.07, 6.45) is 0. The Balaban J connectivity index is 2.79. The molecular formula is C11H14BrN3. The molecule has 80 valence electrons. The number of hydrogen-bond acceptors (Lipinski definition) is 3. The number of hydrogen-bond donors (Lipinski definition) is 0. The molecule has 0 saturated heterocycles. The maximum Gasteiger partial charge on any atom is 0.129 e. The number of rotatable bonds is 4. The van der Waals surface area contributed by atoms with Gasteiger partial charge in [0.25, 0.3) is 0 Å². The topological polar surface area (TPSA) is 39.9 Å². The minimum absolute atomic E-state index is 0.0192. The van der Waals surface area contributed by atoms with E-state index in [4.69, 9.17) is 5.26 Å². The number of aromatic nitrogens is 1. The summed E-state index contributed by atoms with van der Waals surface area (Å²) in [4.78, 5) is 6.46. The van der Waals surface area contributed by atoms with Crippen LogP contribution in [0, 0.1) is 17.2 Å². The number of nitrogens with zero attached hydrogens (tertiary/aromatic N) is 3. The molecule has 1 rings (SSSR count). The summed E-state index contributed by atoms with van der Waals surface area (Å²) in [5.74, 6) is 0.930. The zero-order valence-corrected chi connectivity index (χ0v) is 10.5. The third-order valence-electron chi connectivity index (χ3n) is 2.12. The average Bonchev–Trinajstić information content (AvgIpc) is 2.25. The van der Waals surface area contributed by atoms with Gasteiger partial charge in [-0.2, -0.15) is 5.26 Å². The molecule has 0 aliphatic carbocycles. The number of anilines is 1. The molecule has 4 heteroatoms. The van der Waals surface area contributed by atoms with Crippen LogP contribution in [0.3, 0.4) is 0 Å². The van der Waals surface area contributed by atoms with Gasteiger partial charge in [-0.15, -0.1) is 0 Å². The fourth-order valence-electron chi connectivity index (χ4n) is 1.33. The molecule has 0 saturated carbocycles. The van der Waals surface area contributed by atoms with Crippen molar-refractivity contribution in [2.75, 3.05) is 18.0 Å². The van der Waals surface area contributed by atoms with E-state index in [0.29, 0.717) is 0 Å². The fraction of sp³-hybridized carbons (Fsp3) is 0.455. The van der Waals surface area contributed by atoms with Crippen LogP contribution in [-0.4, -0.2) is 18.1 Å². The molecule has 0 bridgehead atoms. The normalized spacial score (nSPS) is 11.9. The van der Waals surface area contributed by atoms with Crippen LogP contribution < -0.4 is 4.90 Å². The van der Waals surface area contributed by atoms with E-state index in [1.54, 1.807) is 0 Å². The summed E-state index contributed by atoms with van der Waals surface area (Å²) in [6, 6.07) is 8.03. The number of halogens is 1. The van der Waals surface area contributed by atoms with Crippen LogP contribution in [-0.2, 0) is 0 Å². The fourth-order valence-corrected chi connectivity index (χ4v) is 1.66. The maximum atomic E-state index is 8.77. The second-order valence-corrected chi connectivity index (χ2v) is 4.20. The molecule has 0 radical (unpaired) electrons. The molecule has 1 atom stereocenters. The number of pyridine rings is 1. The molecular weight excluding hydrogens is 254 g/mol. The zero-order valence-electron chi connectivity index (χ0n) is 8.94. The van der Waals surface area contributed by atoms with Gasteiger partial charge in [0.05, 0.1) is 12.0 Å². The van der Waals surface area contributed by atoms with Gasteiger partial charge in [0.15, 0.2) is 0 Å². The average molecular weight is 268 g/mol. The summed E-state index contributed by atoms with van der Waals surface area (Å²) in [5.41, 5.74) is 0. The van der Waals surface area contributed by atoms with Crippen LogP contribution >= 0.6 is 15.9 Å². The van der Waals surface area contributed by atoms with Crippen LogP contribution in [0.5, 0.6) is 0 Å². The van der Waals surface area contributed by atoms with E-state index in [9.17, 15) is 0 Å². The monoisotopic (exact) mass is 267 g/mol. The highest BCUT2D eigenvalue weighted by Crippen LogP contribution is 2.15. The van der Waals surface area contributed by atoms with Gasteiger partial charge in [-0.1, -0.05) is 6.07 Å². The summed E-state index contributed by atoms with van der Waals surface area (Å²) >= 11 is 3.34. The van der Waals surface area contributed by atoms with Crippen LogP contribution in [0.4, 0.5) is 5.82 Å². The van der Waals surface area contributed by atoms with E-state index in [1.807, 2.05) is 25.1 Å². The molecule has 1 aromatic rings. The summed E-state index contributed by atoms with van der Waals surface area (Å²) in [5, 5.41) is 8.77. The molecule has 1 unspecified atom stereocenters. The van der Waals surface area contributed by atoms with E-state index in [0.717, 1.165) is 23.5 Å².